The SMILES string of the molecule is CC(O)CC(C)CNC(=O)c1ccc(-n2ccnn2)cc1. The standard InChI is InChI=1S/C15H20N4O2/c1-11(9-12(2)20)10-16-15(21)13-3-5-14(6-4-13)19-8-7-17-18-19/h3-8,11-12,20H,9-10H2,1-2H3,(H,16,21). The van der Waals surface area contributed by atoms with Gasteiger partial charge in [0.25, 0.3) is 5.91 Å². The highest BCUT2D eigenvalue weighted by molar-refractivity contribution is 5.94. The quantitative estimate of drug-likeness (QED) is 0.842. The minimum absolute atomic E-state index is 0.113. The third-order valence-corrected chi connectivity index (χ3v) is 3.17. The van der Waals surface area contributed by atoms with Gasteiger partial charge in [-0.25, -0.2) is 4.68 Å². The minimum atomic E-state index is -0.348. The van der Waals surface area contributed by atoms with Crippen molar-refractivity contribution in [3.63, 3.8) is 0 Å². The summed E-state index contributed by atoms with van der Waals surface area (Å²) >= 11 is 0. The first-order valence-corrected chi connectivity index (χ1v) is 6.99. The van der Waals surface area contributed by atoms with Crippen molar-refractivity contribution >= 4 is 5.91 Å². The molecule has 0 bridgehead atoms. The average molecular weight is 288 g/mol. The van der Waals surface area contributed by atoms with Gasteiger partial charge in [-0.15, -0.1) is 5.10 Å². The maximum atomic E-state index is 12.0. The zero-order valence-electron chi connectivity index (χ0n) is 12.2. The number of hydrogen-bond acceptors (Lipinski definition) is 4. The molecule has 0 aliphatic rings. The molecule has 0 spiro atoms. The summed E-state index contributed by atoms with van der Waals surface area (Å²) in [5, 5.41) is 19.8. The van der Waals surface area contributed by atoms with Gasteiger partial charge >= 0.3 is 0 Å². The average Bonchev–Trinajstić information content (AvgIpc) is 2.98. The smallest absolute Gasteiger partial charge is 0.251 e. The third kappa shape index (κ3) is 4.39. The molecule has 2 N–H and O–H groups in total. The predicted molar refractivity (Wildman–Crippen MR) is 79.2 cm³/mol. The Bertz CT molecular complexity index is 564. The Kier molecular flexibility index (Phi) is 5.05. The van der Waals surface area contributed by atoms with Crippen molar-refractivity contribution in [2.45, 2.75) is 26.4 Å². The highest BCUT2D eigenvalue weighted by Crippen LogP contribution is 2.09. The number of aliphatic hydroxyl groups is 1. The van der Waals surface area contributed by atoms with Gasteiger partial charge in [-0.1, -0.05) is 12.1 Å². The fourth-order valence-corrected chi connectivity index (χ4v) is 2.15. The van der Waals surface area contributed by atoms with E-state index in [2.05, 4.69) is 15.6 Å². The number of rotatable bonds is 6. The molecule has 1 aromatic heterocycles. The zero-order valence-corrected chi connectivity index (χ0v) is 12.2. The van der Waals surface area contributed by atoms with Crippen LogP contribution in [-0.2, 0) is 0 Å². The first-order valence-electron chi connectivity index (χ1n) is 6.99. The molecular weight excluding hydrogens is 268 g/mol. The van der Waals surface area contributed by atoms with Gasteiger partial charge in [0, 0.05) is 12.1 Å². The topological polar surface area (TPSA) is 80.0 Å². The fourth-order valence-electron chi connectivity index (χ4n) is 2.15. The molecule has 2 rings (SSSR count). The summed E-state index contributed by atoms with van der Waals surface area (Å²) in [5.41, 5.74) is 1.45. The molecule has 1 amide bonds. The maximum absolute atomic E-state index is 12.0. The van der Waals surface area contributed by atoms with Crippen LogP contribution in [0.1, 0.15) is 30.6 Å². The second kappa shape index (κ2) is 6.99. The number of aliphatic hydroxyl groups excluding tert-OH is 1. The van der Waals surface area contributed by atoms with Gasteiger partial charge in [0.2, 0.25) is 0 Å². The van der Waals surface area contributed by atoms with Crippen molar-refractivity contribution in [1.82, 2.24) is 20.3 Å². The Morgan fingerprint density at radius 1 is 1.33 bits per heavy atom. The van der Waals surface area contributed by atoms with E-state index < -0.39 is 0 Å². The number of benzene rings is 1. The molecule has 0 saturated carbocycles. The van der Waals surface area contributed by atoms with Gasteiger partial charge in [0.1, 0.15) is 0 Å². The van der Waals surface area contributed by atoms with E-state index in [-0.39, 0.29) is 17.9 Å². The van der Waals surface area contributed by atoms with Crippen molar-refractivity contribution in [3.8, 4) is 5.69 Å². The number of carbonyl (C=O) groups excluding carboxylic acids is 1. The first-order chi connectivity index (χ1) is 10.1. The second-order valence-electron chi connectivity index (χ2n) is 5.29. The van der Waals surface area contributed by atoms with Crippen LogP contribution in [0.15, 0.2) is 36.7 Å². The van der Waals surface area contributed by atoms with Gasteiger partial charge in [0.05, 0.1) is 24.2 Å². The van der Waals surface area contributed by atoms with E-state index in [0.717, 1.165) is 5.69 Å². The Hall–Kier alpha value is -2.21. The van der Waals surface area contributed by atoms with Crippen LogP contribution < -0.4 is 5.32 Å². The van der Waals surface area contributed by atoms with Crippen molar-refractivity contribution in [1.29, 1.82) is 0 Å². The monoisotopic (exact) mass is 288 g/mol. The highest BCUT2D eigenvalue weighted by atomic mass is 16.3. The number of amides is 1. The van der Waals surface area contributed by atoms with E-state index in [9.17, 15) is 9.90 Å². The van der Waals surface area contributed by atoms with Crippen LogP contribution in [0.2, 0.25) is 0 Å². The number of aromatic nitrogens is 3. The molecule has 0 aliphatic carbocycles. The lowest BCUT2D eigenvalue weighted by molar-refractivity contribution is 0.0939. The van der Waals surface area contributed by atoms with Crippen molar-refractivity contribution in [2.75, 3.05) is 6.54 Å². The zero-order chi connectivity index (χ0) is 15.2. The van der Waals surface area contributed by atoms with E-state index in [0.29, 0.717) is 18.5 Å². The number of nitrogens with zero attached hydrogens (tertiary/aromatic N) is 3. The largest absolute Gasteiger partial charge is 0.393 e. The molecule has 2 aromatic rings. The fraction of sp³-hybridized carbons (Fsp3) is 0.400. The van der Waals surface area contributed by atoms with Crippen molar-refractivity contribution in [2.24, 2.45) is 5.92 Å². The van der Waals surface area contributed by atoms with Gasteiger partial charge in [0.15, 0.2) is 0 Å². The lowest BCUT2D eigenvalue weighted by Crippen LogP contribution is -2.29. The second-order valence-corrected chi connectivity index (χ2v) is 5.29. The summed E-state index contributed by atoms with van der Waals surface area (Å²) < 4.78 is 1.63. The summed E-state index contributed by atoms with van der Waals surface area (Å²) in [4.78, 5) is 12.0. The van der Waals surface area contributed by atoms with Crippen LogP contribution >= 0.6 is 0 Å². The molecule has 2 atom stereocenters. The molecule has 0 radical (unpaired) electrons. The summed E-state index contributed by atoms with van der Waals surface area (Å²) in [5.74, 6) is 0.126. The third-order valence-electron chi connectivity index (χ3n) is 3.17. The van der Waals surface area contributed by atoms with E-state index in [4.69, 9.17) is 0 Å². The Morgan fingerprint density at radius 2 is 2.05 bits per heavy atom. The van der Waals surface area contributed by atoms with E-state index in [1.54, 1.807) is 36.1 Å². The predicted octanol–water partition coefficient (Wildman–Crippen LogP) is 1.40. The lowest BCUT2D eigenvalue weighted by Gasteiger charge is -2.14. The van der Waals surface area contributed by atoms with Crippen molar-refractivity contribution in [3.05, 3.63) is 42.2 Å². The normalized spacial score (nSPS) is 13.7. The van der Waals surface area contributed by atoms with Gasteiger partial charge < -0.3 is 10.4 Å². The number of hydrogen-bond donors (Lipinski definition) is 2. The van der Waals surface area contributed by atoms with Crippen LogP contribution in [-0.4, -0.2) is 38.7 Å². The number of nitrogens with one attached hydrogen (secondary N) is 1. The van der Waals surface area contributed by atoms with Gasteiger partial charge in [-0.2, -0.15) is 0 Å². The van der Waals surface area contributed by atoms with Crippen molar-refractivity contribution < 1.29 is 9.90 Å². The van der Waals surface area contributed by atoms with Gasteiger partial charge in [-0.3, -0.25) is 4.79 Å². The van der Waals surface area contributed by atoms with Crippen LogP contribution in [0.3, 0.4) is 0 Å². The Balaban J connectivity index is 1.91. The molecule has 0 aliphatic heterocycles. The van der Waals surface area contributed by atoms with E-state index in [1.807, 2.05) is 19.1 Å². The molecule has 0 fully saturated rings. The first kappa shape index (κ1) is 15.2. The van der Waals surface area contributed by atoms with Crippen LogP contribution in [0.5, 0.6) is 0 Å². The van der Waals surface area contributed by atoms with Crippen LogP contribution in [0, 0.1) is 5.92 Å². The molecule has 0 saturated heterocycles. The molecule has 112 valence electrons. The van der Waals surface area contributed by atoms with E-state index in [1.165, 1.54) is 0 Å². The molecule has 1 aromatic carbocycles. The molecule has 21 heavy (non-hydrogen) atoms. The van der Waals surface area contributed by atoms with E-state index >= 15 is 0 Å². The maximum Gasteiger partial charge on any atom is 0.251 e. The Labute approximate surface area is 123 Å². The minimum Gasteiger partial charge on any atom is -0.393 e. The van der Waals surface area contributed by atoms with Crippen LogP contribution in [0.25, 0.3) is 5.69 Å². The summed E-state index contributed by atoms with van der Waals surface area (Å²) in [6.45, 7) is 4.30. The Morgan fingerprint density at radius 3 is 2.62 bits per heavy atom. The molecule has 6 heteroatoms. The summed E-state index contributed by atoms with van der Waals surface area (Å²) in [6, 6.07) is 7.16. The molecule has 2 unspecified atom stereocenters. The summed E-state index contributed by atoms with van der Waals surface area (Å²) in [7, 11) is 0. The lowest BCUT2D eigenvalue weighted by atomic mass is 10.0. The van der Waals surface area contributed by atoms with Gasteiger partial charge in [-0.05, 0) is 43.5 Å². The molecule has 1 heterocycles. The van der Waals surface area contributed by atoms with Crippen LogP contribution in [0.4, 0.5) is 0 Å². The summed E-state index contributed by atoms with van der Waals surface area (Å²) in [6.07, 6.45) is 3.67. The number of carbonyl (C=O) groups is 1. The molecule has 6 nitrogen and oxygen atoms in total. The molecular formula is C15H20N4O2. The highest BCUT2D eigenvalue weighted by Gasteiger charge is 2.10.